The molecule has 1 aliphatic rings. The van der Waals surface area contributed by atoms with Crippen LogP contribution in [0.2, 0.25) is 0 Å². The molecule has 5 nitrogen and oxygen atoms in total. The van der Waals surface area contributed by atoms with Gasteiger partial charge in [0.1, 0.15) is 5.69 Å². The first-order valence-electron chi connectivity index (χ1n) is 8.14. The topological polar surface area (TPSA) is 64.0 Å². The standard InChI is InChI=1S/C17H21N3O2S/c21-16(18-13-5-1-2-6-13)8-3-11-20-17(22)10-9-14(19-20)15-7-4-12-23-15/h4,7,9-10,12-13H,1-3,5-6,8,11H2,(H,18,21). The fraction of sp³-hybridized carbons (Fsp3) is 0.471. The lowest BCUT2D eigenvalue weighted by molar-refractivity contribution is -0.121. The van der Waals surface area contributed by atoms with Gasteiger partial charge in [-0.2, -0.15) is 5.10 Å². The van der Waals surface area contributed by atoms with Gasteiger partial charge in [0.25, 0.3) is 5.56 Å². The van der Waals surface area contributed by atoms with E-state index in [0.717, 1.165) is 23.4 Å². The molecule has 1 amide bonds. The maximum absolute atomic E-state index is 11.9. The van der Waals surface area contributed by atoms with Gasteiger partial charge in [-0.1, -0.05) is 18.9 Å². The highest BCUT2D eigenvalue weighted by Gasteiger charge is 2.16. The Balaban J connectivity index is 1.54. The van der Waals surface area contributed by atoms with Gasteiger partial charge in [-0.15, -0.1) is 11.3 Å². The van der Waals surface area contributed by atoms with Crippen LogP contribution in [0.15, 0.2) is 34.4 Å². The number of aromatic nitrogens is 2. The van der Waals surface area contributed by atoms with Crippen LogP contribution in [-0.2, 0) is 11.3 Å². The molecule has 2 aromatic rings. The molecule has 0 saturated heterocycles. The fourth-order valence-electron chi connectivity index (χ4n) is 2.92. The molecule has 1 saturated carbocycles. The zero-order chi connectivity index (χ0) is 16.1. The number of nitrogens with one attached hydrogen (secondary N) is 1. The van der Waals surface area contributed by atoms with Crippen molar-refractivity contribution in [2.45, 2.75) is 51.1 Å². The fourth-order valence-corrected chi connectivity index (χ4v) is 3.61. The van der Waals surface area contributed by atoms with Crippen LogP contribution >= 0.6 is 11.3 Å². The van der Waals surface area contributed by atoms with Gasteiger partial charge < -0.3 is 5.32 Å². The SMILES string of the molecule is O=C(CCCn1nc(-c2cccs2)ccc1=O)NC1CCCC1. The summed E-state index contributed by atoms with van der Waals surface area (Å²) < 4.78 is 1.46. The molecule has 2 heterocycles. The third-order valence-corrected chi connectivity index (χ3v) is 5.03. The summed E-state index contributed by atoms with van der Waals surface area (Å²) in [6.45, 7) is 0.468. The first kappa shape index (κ1) is 15.9. The Labute approximate surface area is 139 Å². The number of hydrogen-bond donors (Lipinski definition) is 1. The van der Waals surface area contributed by atoms with Gasteiger partial charge in [0.2, 0.25) is 5.91 Å². The second-order valence-electron chi connectivity index (χ2n) is 5.91. The van der Waals surface area contributed by atoms with E-state index in [1.165, 1.54) is 17.5 Å². The number of amides is 1. The Kier molecular flexibility index (Phi) is 5.23. The summed E-state index contributed by atoms with van der Waals surface area (Å²) in [5, 5.41) is 9.45. The van der Waals surface area contributed by atoms with Crippen molar-refractivity contribution >= 4 is 17.2 Å². The Bertz CT molecular complexity index is 703. The molecule has 0 bridgehead atoms. The second-order valence-corrected chi connectivity index (χ2v) is 6.86. The first-order chi connectivity index (χ1) is 11.2. The van der Waals surface area contributed by atoms with Gasteiger partial charge in [0, 0.05) is 25.1 Å². The summed E-state index contributed by atoms with van der Waals surface area (Å²) in [6, 6.07) is 7.59. The highest BCUT2D eigenvalue weighted by molar-refractivity contribution is 7.13. The highest BCUT2D eigenvalue weighted by Crippen LogP contribution is 2.21. The Hall–Kier alpha value is -1.95. The van der Waals surface area contributed by atoms with Crippen LogP contribution in [-0.4, -0.2) is 21.7 Å². The molecule has 1 aliphatic carbocycles. The van der Waals surface area contributed by atoms with E-state index in [2.05, 4.69) is 10.4 Å². The van der Waals surface area contributed by atoms with E-state index in [1.54, 1.807) is 23.5 Å². The van der Waals surface area contributed by atoms with Gasteiger partial charge in [-0.3, -0.25) is 9.59 Å². The normalized spacial score (nSPS) is 15.0. The van der Waals surface area contributed by atoms with Crippen LogP contribution in [0.5, 0.6) is 0 Å². The molecule has 0 aromatic carbocycles. The largest absolute Gasteiger partial charge is 0.353 e. The second kappa shape index (κ2) is 7.55. The summed E-state index contributed by atoms with van der Waals surface area (Å²) in [5.41, 5.74) is 0.677. The Morgan fingerprint density at radius 1 is 1.30 bits per heavy atom. The maximum atomic E-state index is 11.9. The minimum Gasteiger partial charge on any atom is -0.353 e. The summed E-state index contributed by atoms with van der Waals surface area (Å²) in [4.78, 5) is 24.8. The molecule has 1 N–H and O–H groups in total. The van der Waals surface area contributed by atoms with Crippen molar-refractivity contribution in [3.05, 3.63) is 40.0 Å². The van der Waals surface area contributed by atoms with Crippen LogP contribution in [0, 0.1) is 0 Å². The summed E-state index contributed by atoms with van der Waals surface area (Å²) in [5.74, 6) is 0.0827. The average molecular weight is 331 g/mol. The highest BCUT2D eigenvalue weighted by atomic mass is 32.1. The first-order valence-corrected chi connectivity index (χ1v) is 9.02. The molecule has 0 atom stereocenters. The lowest BCUT2D eigenvalue weighted by Gasteiger charge is -2.12. The van der Waals surface area contributed by atoms with Crippen molar-refractivity contribution in [2.24, 2.45) is 0 Å². The number of hydrogen-bond acceptors (Lipinski definition) is 4. The minimum atomic E-state index is -0.124. The monoisotopic (exact) mass is 331 g/mol. The molecule has 3 rings (SSSR count). The van der Waals surface area contributed by atoms with E-state index in [4.69, 9.17) is 0 Å². The van der Waals surface area contributed by atoms with E-state index in [-0.39, 0.29) is 11.5 Å². The number of rotatable bonds is 6. The molecule has 0 aliphatic heterocycles. The molecule has 0 unspecified atom stereocenters. The molecular formula is C17H21N3O2S. The van der Waals surface area contributed by atoms with Gasteiger partial charge in [0.05, 0.1) is 4.88 Å². The Morgan fingerprint density at radius 3 is 2.87 bits per heavy atom. The predicted molar refractivity (Wildman–Crippen MR) is 91.4 cm³/mol. The van der Waals surface area contributed by atoms with Crippen molar-refractivity contribution in [2.75, 3.05) is 0 Å². The number of thiophene rings is 1. The summed E-state index contributed by atoms with van der Waals surface area (Å²) in [6.07, 6.45) is 5.66. The molecule has 23 heavy (non-hydrogen) atoms. The molecular weight excluding hydrogens is 310 g/mol. The molecule has 6 heteroatoms. The van der Waals surface area contributed by atoms with Gasteiger partial charge in [0.15, 0.2) is 0 Å². The smallest absolute Gasteiger partial charge is 0.266 e. The minimum absolute atomic E-state index is 0.0827. The Morgan fingerprint density at radius 2 is 2.13 bits per heavy atom. The van der Waals surface area contributed by atoms with Crippen LogP contribution in [0.3, 0.4) is 0 Å². The van der Waals surface area contributed by atoms with Gasteiger partial charge in [-0.25, -0.2) is 4.68 Å². The van der Waals surface area contributed by atoms with Gasteiger partial charge >= 0.3 is 0 Å². The van der Waals surface area contributed by atoms with Crippen molar-refractivity contribution in [1.29, 1.82) is 0 Å². The quantitative estimate of drug-likeness (QED) is 0.885. The van der Waals surface area contributed by atoms with E-state index >= 15 is 0 Å². The molecule has 0 radical (unpaired) electrons. The van der Waals surface area contributed by atoms with E-state index in [9.17, 15) is 9.59 Å². The zero-order valence-corrected chi connectivity index (χ0v) is 13.8. The number of carbonyl (C=O) groups is 1. The number of carbonyl (C=O) groups excluding carboxylic acids is 1. The molecule has 1 fully saturated rings. The van der Waals surface area contributed by atoms with Crippen molar-refractivity contribution < 1.29 is 4.79 Å². The third kappa shape index (κ3) is 4.28. The number of aryl methyl sites for hydroxylation is 1. The summed E-state index contributed by atoms with van der Waals surface area (Å²) in [7, 11) is 0. The molecule has 2 aromatic heterocycles. The zero-order valence-electron chi connectivity index (χ0n) is 13.0. The van der Waals surface area contributed by atoms with Crippen molar-refractivity contribution in [3.63, 3.8) is 0 Å². The van der Waals surface area contributed by atoms with E-state index in [0.29, 0.717) is 25.4 Å². The van der Waals surface area contributed by atoms with Crippen LogP contribution in [0.4, 0.5) is 0 Å². The van der Waals surface area contributed by atoms with Crippen molar-refractivity contribution in [3.8, 4) is 10.6 Å². The van der Waals surface area contributed by atoms with Crippen LogP contribution in [0.1, 0.15) is 38.5 Å². The van der Waals surface area contributed by atoms with E-state index in [1.807, 2.05) is 17.5 Å². The average Bonchev–Trinajstić information content (AvgIpc) is 3.22. The third-order valence-electron chi connectivity index (χ3n) is 4.13. The lowest BCUT2D eigenvalue weighted by atomic mass is 10.2. The van der Waals surface area contributed by atoms with Gasteiger partial charge in [-0.05, 0) is 36.8 Å². The van der Waals surface area contributed by atoms with Crippen molar-refractivity contribution in [1.82, 2.24) is 15.1 Å². The predicted octanol–water partition coefficient (Wildman–Crippen LogP) is 2.81. The summed E-state index contributed by atoms with van der Waals surface area (Å²) >= 11 is 1.60. The molecule has 122 valence electrons. The van der Waals surface area contributed by atoms with E-state index < -0.39 is 0 Å². The lowest BCUT2D eigenvalue weighted by Crippen LogP contribution is -2.32. The molecule has 0 spiro atoms. The van der Waals surface area contributed by atoms with Crippen LogP contribution in [0.25, 0.3) is 10.6 Å². The van der Waals surface area contributed by atoms with Crippen LogP contribution < -0.4 is 10.9 Å². The maximum Gasteiger partial charge on any atom is 0.266 e. The number of nitrogens with zero attached hydrogens (tertiary/aromatic N) is 2.